The van der Waals surface area contributed by atoms with Crippen LogP contribution in [0.2, 0.25) is 0 Å². The molecule has 0 aliphatic heterocycles. The Labute approximate surface area is 130 Å². The van der Waals surface area contributed by atoms with Crippen LogP contribution >= 0.6 is 15.9 Å². The van der Waals surface area contributed by atoms with Crippen molar-refractivity contribution in [3.8, 4) is 11.1 Å². The summed E-state index contributed by atoms with van der Waals surface area (Å²) >= 11 is 3.27. The van der Waals surface area contributed by atoms with Crippen LogP contribution in [-0.4, -0.2) is 10.9 Å². The molecule has 0 aliphatic carbocycles. The van der Waals surface area contributed by atoms with Crippen molar-refractivity contribution in [1.29, 1.82) is 0 Å². The van der Waals surface area contributed by atoms with Crippen molar-refractivity contribution in [3.63, 3.8) is 0 Å². The molecule has 1 amide bonds. The van der Waals surface area contributed by atoms with Crippen LogP contribution < -0.4 is 5.32 Å². The molecule has 0 fully saturated rings. The maximum absolute atomic E-state index is 12.2. The Kier molecular flexibility index (Phi) is 3.83. The molecule has 4 nitrogen and oxygen atoms in total. The molecule has 0 saturated carbocycles. The van der Waals surface area contributed by atoms with Gasteiger partial charge < -0.3 is 9.73 Å². The lowest BCUT2D eigenvalue weighted by Gasteiger charge is -2.09. The van der Waals surface area contributed by atoms with E-state index in [2.05, 4.69) is 26.2 Å². The minimum atomic E-state index is -0.345. The number of hydrogen-bond donors (Lipinski definition) is 1. The normalized spacial score (nSPS) is 10.3. The van der Waals surface area contributed by atoms with E-state index < -0.39 is 0 Å². The molecule has 1 aromatic carbocycles. The molecule has 0 aliphatic rings. The largest absolute Gasteiger partial charge is 0.458 e. The van der Waals surface area contributed by atoms with Crippen molar-refractivity contribution < 1.29 is 9.21 Å². The zero-order chi connectivity index (χ0) is 14.7. The van der Waals surface area contributed by atoms with E-state index in [-0.39, 0.29) is 11.7 Å². The van der Waals surface area contributed by atoms with E-state index in [4.69, 9.17) is 4.42 Å². The molecule has 21 heavy (non-hydrogen) atoms. The Morgan fingerprint density at radius 2 is 1.90 bits per heavy atom. The van der Waals surface area contributed by atoms with E-state index in [0.29, 0.717) is 10.3 Å². The minimum Gasteiger partial charge on any atom is -0.458 e. The van der Waals surface area contributed by atoms with Gasteiger partial charge in [-0.2, -0.15) is 0 Å². The number of furan rings is 1. The van der Waals surface area contributed by atoms with Crippen molar-refractivity contribution in [3.05, 3.63) is 71.2 Å². The number of hydrogen-bond acceptors (Lipinski definition) is 3. The van der Waals surface area contributed by atoms with Gasteiger partial charge in [0.05, 0.1) is 10.7 Å². The monoisotopic (exact) mass is 342 g/mol. The molecule has 3 rings (SSSR count). The molecule has 0 spiro atoms. The number of nitrogens with one attached hydrogen (secondary N) is 1. The van der Waals surface area contributed by atoms with Gasteiger partial charge in [-0.15, -0.1) is 0 Å². The summed E-state index contributed by atoms with van der Waals surface area (Å²) in [5.74, 6) is 0.374. The Bertz CT molecular complexity index is 769. The van der Waals surface area contributed by atoms with Gasteiger partial charge in [-0.3, -0.25) is 4.79 Å². The van der Waals surface area contributed by atoms with Gasteiger partial charge in [0.2, 0.25) is 5.76 Å². The summed E-state index contributed by atoms with van der Waals surface area (Å²) in [4.78, 5) is 16.5. The number of anilines is 1. The summed E-state index contributed by atoms with van der Waals surface area (Å²) < 4.78 is 5.77. The first-order valence-electron chi connectivity index (χ1n) is 6.30. The summed E-state index contributed by atoms with van der Waals surface area (Å²) in [6.07, 6.45) is 3.09. The van der Waals surface area contributed by atoms with Crippen LogP contribution in [0.1, 0.15) is 10.6 Å². The van der Waals surface area contributed by atoms with Gasteiger partial charge in [-0.1, -0.05) is 30.3 Å². The molecule has 0 bridgehead atoms. The lowest BCUT2D eigenvalue weighted by molar-refractivity contribution is 0.0995. The van der Waals surface area contributed by atoms with Gasteiger partial charge in [0.1, 0.15) is 5.82 Å². The minimum absolute atomic E-state index is 0.222. The third-order valence-electron chi connectivity index (χ3n) is 2.95. The molecular weight excluding hydrogens is 332 g/mol. The van der Waals surface area contributed by atoms with Crippen LogP contribution in [0.15, 0.2) is 69.9 Å². The fourth-order valence-corrected chi connectivity index (χ4v) is 2.36. The highest BCUT2D eigenvalue weighted by Gasteiger charge is 2.16. The van der Waals surface area contributed by atoms with E-state index in [1.807, 2.05) is 42.5 Å². The van der Waals surface area contributed by atoms with Crippen molar-refractivity contribution in [2.75, 3.05) is 5.32 Å². The molecule has 0 radical (unpaired) electrons. The fourth-order valence-electron chi connectivity index (χ4n) is 1.98. The summed E-state index contributed by atoms with van der Waals surface area (Å²) in [7, 11) is 0. The zero-order valence-electron chi connectivity index (χ0n) is 10.9. The molecule has 104 valence electrons. The van der Waals surface area contributed by atoms with Crippen molar-refractivity contribution in [1.82, 2.24) is 4.98 Å². The lowest BCUT2D eigenvalue weighted by Crippen LogP contribution is -2.13. The number of benzene rings is 1. The SMILES string of the molecule is O=C(Nc1ncccc1-c1ccccc1)c1occc1Br. The number of rotatable bonds is 3. The van der Waals surface area contributed by atoms with Crippen LogP contribution in [0, 0.1) is 0 Å². The third-order valence-corrected chi connectivity index (χ3v) is 3.57. The third kappa shape index (κ3) is 2.87. The summed E-state index contributed by atoms with van der Waals surface area (Å²) in [5.41, 5.74) is 1.84. The second-order valence-electron chi connectivity index (χ2n) is 4.32. The molecule has 0 atom stereocenters. The first kappa shape index (κ1) is 13.6. The van der Waals surface area contributed by atoms with E-state index in [9.17, 15) is 4.79 Å². The number of carbonyl (C=O) groups is 1. The number of aromatic nitrogens is 1. The predicted octanol–water partition coefficient (Wildman–Crippen LogP) is 4.36. The fraction of sp³-hybridized carbons (Fsp3) is 0. The number of carbonyl (C=O) groups excluding carboxylic acids is 1. The standard InChI is InChI=1S/C16H11BrN2O2/c17-13-8-10-21-14(13)16(20)19-15-12(7-4-9-18-15)11-5-2-1-3-6-11/h1-10H,(H,18,19,20). The van der Waals surface area contributed by atoms with Gasteiger partial charge >= 0.3 is 0 Å². The summed E-state index contributed by atoms with van der Waals surface area (Å²) in [6, 6.07) is 15.2. The molecule has 0 unspecified atom stereocenters. The highest BCUT2D eigenvalue weighted by Crippen LogP contribution is 2.26. The maximum atomic E-state index is 12.2. The summed E-state index contributed by atoms with van der Waals surface area (Å²) in [5, 5.41) is 2.78. The molecule has 1 N–H and O–H groups in total. The molecule has 2 heterocycles. The molecule has 0 saturated heterocycles. The predicted molar refractivity (Wildman–Crippen MR) is 84.0 cm³/mol. The zero-order valence-corrected chi connectivity index (χ0v) is 12.5. The lowest BCUT2D eigenvalue weighted by atomic mass is 10.1. The molecule has 2 aromatic heterocycles. The van der Waals surface area contributed by atoms with E-state index in [0.717, 1.165) is 11.1 Å². The van der Waals surface area contributed by atoms with E-state index in [1.54, 1.807) is 12.3 Å². The average Bonchev–Trinajstić information content (AvgIpc) is 2.95. The van der Waals surface area contributed by atoms with Crippen LogP contribution in [0.3, 0.4) is 0 Å². The van der Waals surface area contributed by atoms with Crippen LogP contribution in [0.5, 0.6) is 0 Å². The number of amides is 1. The van der Waals surface area contributed by atoms with Crippen molar-refractivity contribution in [2.45, 2.75) is 0 Å². The van der Waals surface area contributed by atoms with Gasteiger partial charge in [-0.05, 0) is 39.7 Å². The average molecular weight is 343 g/mol. The van der Waals surface area contributed by atoms with Gasteiger partial charge in [0.15, 0.2) is 0 Å². The summed E-state index contributed by atoms with van der Waals surface area (Å²) in [6.45, 7) is 0. The van der Waals surface area contributed by atoms with E-state index >= 15 is 0 Å². The topological polar surface area (TPSA) is 55.1 Å². The maximum Gasteiger partial charge on any atom is 0.293 e. The van der Waals surface area contributed by atoms with Gasteiger partial charge in [0, 0.05) is 11.8 Å². The van der Waals surface area contributed by atoms with Crippen LogP contribution in [-0.2, 0) is 0 Å². The second kappa shape index (κ2) is 5.93. The highest BCUT2D eigenvalue weighted by atomic mass is 79.9. The molecular formula is C16H11BrN2O2. The van der Waals surface area contributed by atoms with Crippen LogP contribution in [0.4, 0.5) is 5.82 Å². The molecule has 5 heteroatoms. The number of halogens is 1. The first-order valence-corrected chi connectivity index (χ1v) is 7.10. The Hall–Kier alpha value is -2.40. The molecule has 3 aromatic rings. The quantitative estimate of drug-likeness (QED) is 0.769. The number of pyridine rings is 1. The van der Waals surface area contributed by atoms with Crippen molar-refractivity contribution in [2.24, 2.45) is 0 Å². The Morgan fingerprint density at radius 3 is 2.62 bits per heavy atom. The highest BCUT2D eigenvalue weighted by molar-refractivity contribution is 9.10. The van der Waals surface area contributed by atoms with Crippen molar-refractivity contribution >= 4 is 27.7 Å². The Balaban J connectivity index is 1.94. The number of nitrogens with zero attached hydrogens (tertiary/aromatic N) is 1. The first-order chi connectivity index (χ1) is 10.3. The Morgan fingerprint density at radius 1 is 1.10 bits per heavy atom. The second-order valence-corrected chi connectivity index (χ2v) is 5.17. The van der Waals surface area contributed by atoms with Crippen LogP contribution in [0.25, 0.3) is 11.1 Å². The smallest absolute Gasteiger partial charge is 0.293 e. The van der Waals surface area contributed by atoms with Gasteiger partial charge in [-0.25, -0.2) is 4.98 Å². The van der Waals surface area contributed by atoms with Gasteiger partial charge in [0.25, 0.3) is 5.91 Å². The van der Waals surface area contributed by atoms with E-state index in [1.165, 1.54) is 6.26 Å².